The predicted molar refractivity (Wildman–Crippen MR) is 164 cm³/mol. The number of esters is 1. The first-order valence-corrected chi connectivity index (χ1v) is 15.0. The lowest BCUT2D eigenvalue weighted by Gasteiger charge is -2.27. The molecule has 15 heteroatoms. The van der Waals surface area contributed by atoms with E-state index in [1.807, 2.05) is 6.92 Å². The molecule has 1 N–H and O–H groups in total. The van der Waals surface area contributed by atoms with Crippen molar-refractivity contribution in [1.82, 2.24) is 10.5 Å². The van der Waals surface area contributed by atoms with E-state index < -0.39 is 80.0 Å². The number of rotatable bonds is 7. The zero-order valence-corrected chi connectivity index (χ0v) is 26.6. The molecule has 0 bridgehead atoms. The zero-order chi connectivity index (χ0) is 35.3. The summed E-state index contributed by atoms with van der Waals surface area (Å²) in [6.45, 7) is 4.47. The molecule has 2 aliphatic rings. The Morgan fingerprint density at radius 2 is 1.79 bits per heavy atom. The number of hydrogen-bond donors (Lipinski definition) is 1. The molecule has 2 atom stereocenters. The van der Waals surface area contributed by atoms with Gasteiger partial charge >= 0.3 is 12.1 Å². The number of anilines is 1. The number of carbonyl (C=O) groups excluding carboxylic acids is 3. The van der Waals surface area contributed by atoms with Crippen molar-refractivity contribution in [3.8, 4) is 5.75 Å². The van der Waals surface area contributed by atoms with Gasteiger partial charge in [-0.3, -0.25) is 19.3 Å². The molecule has 2 unspecified atom stereocenters. The van der Waals surface area contributed by atoms with Crippen LogP contribution in [-0.4, -0.2) is 65.7 Å². The van der Waals surface area contributed by atoms with Crippen LogP contribution in [-0.2, 0) is 19.1 Å². The molecular weight excluding hydrogens is 643 g/mol. The number of aliphatic imine (C=N–C) groups is 1. The van der Waals surface area contributed by atoms with E-state index in [1.54, 1.807) is 75.6 Å². The highest BCUT2D eigenvalue weighted by Gasteiger charge is 2.45. The van der Waals surface area contributed by atoms with Gasteiger partial charge in [-0.1, -0.05) is 47.6 Å². The molecule has 0 spiro atoms. The van der Waals surface area contributed by atoms with Crippen LogP contribution < -0.4 is 15.0 Å². The lowest BCUT2D eigenvalue weighted by atomic mass is 9.97. The minimum atomic E-state index is -4.63. The molecule has 258 valence electrons. The van der Waals surface area contributed by atoms with Gasteiger partial charge in [-0.25, -0.2) is 13.8 Å². The molecule has 0 saturated carbocycles. The van der Waals surface area contributed by atoms with Gasteiger partial charge in [0.25, 0.3) is 11.8 Å². The summed E-state index contributed by atoms with van der Waals surface area (Å²) < 4.78 is 83.8. The quantitative estimate of drug-likeness (QED) is 0.240. The van der Waals surface area contributed by atoms with E-state index in [1.165, 1.54) is 6.07 Å². The third-order valence-electron chi connectivity index (χ3n) is 6.98. The van der Waals surface area contributed by atoms with Gasteiger partial charge in [0.15, 0.2) is 6.61 Å². The first-order valence-electron chi connectivity index (χ1n) is 15.0. The normalized spacial score (nSPS) is 17.7. The second kappa shape index (κ2) is 14.5. The second-order valence-electron chi connectivity index (χ2n) is 12.3. The number of halogens is 5. The van der Waals surface area contributed by atoms with Crippen LogP contribution in [0.25, 0.3) is 0 Å². The lowest BCUT2D eigenvalue weighted by Crippen LogP contribution is -2.52. The summed E-state index contributed by atoms with van der Waals surface area (Å²) in [6, 6.07) is 14.8. The summed E-state index contributed by atoms with van der Waals surface area (Å²) in [5.74, 6) is -8.04. The van der Waals surface area contributed by atoms with Crippen LogP contribution in [0.5, 0.6) is 5.75 Å². The number of carbonyl (C=O) groups is 3. The molecule has 0 fully saturated rings. The number of amides is 2. The highest BCUT2D eigenvalue weighted by Crippen LogP contribution is 2.40. The number of ether oxygens (including phenoxy) is 2. The number of aromatic nitrogens is 1. The molecule has 0 radical (unpaired) electrons. The largest absolute Gasteiger partial charge is 0.485 e. The molecule has 2 aromatic carbocycles. The maximum Gasteiger partial charge on any atom is 0.389 e. The van der Waals surface area contributed by atoms with Crippen molar-refractivity contribution < 1.29 is 50.3 Å². The van der Waals surface area contributed by atoms with Gasteiger partial charge in [-0.05, 0) is 40.2 Å². The van der Waals surface area contributed by atoms with Gasteiger partial charge in [-0.15, -0.1) is 0 Å². The number of nitrogens with zero attached hydrogens (tertiary/aromatic N) is 3. The Morgan fingerprint density at radius 3 is 2.38 bits per heavy atom. The molecule has 2 aliphatic heterocycles. The van der Waals surface area contributed by atoms with Crippen LogP contribution >= 0.6 is 0 Å². The predicted octanol–water partition coefficient (Wildman–Crippen LogP) is 6.01. The third-order valence-corrected chi connectivity index (χ3v) is 6.98. The summed E-state index contributed by atoms with van der Waals surface area (Å²) in [5.41, 5.74) is 0.928. The molecule has 10 nitrogen and oxygen atoms in total. The van der Waals surface area contributed by atoms with Crippen LogP contribution in [0.4, 0.5) is 27.6 Å². The van der Waals surface area contributed by atoms with E-state index in [-0.39, 0.29) is 22.7 Å². The number of benzene rings is 2. The molecule has 0 saturated heterocycles. The standard InChI is InChI=1S/C29H30F5N3O5.C4H5NO/c1-27(2,3)42-21(38)14-18(12-13-29(32,33)34)25(39)36-24-26(40)37-15-28(30,31)16-41-20-11-7-10-19(23(20)37)22(35-24)17-8-5-4-6-9-17;1-4-2-3-6-5-4/h4-11,18,24H,12-16H2,1-3H3,(H,36,39);2-3H,1H3. The third kappa shape index (κ3) is 9.84. The molecule has 5 rings (SSSR count). The average molecular weight is 679 g/mol. The van der Waals surface area contributed by atoms with Gasteiger partial charge < -0.3 is 19.3 Å². The van der Waals surface area contributed by atoms with Crippen LogP contribution in [0.15, 0.2) is 70.4 Å². The van der Waals surface area contributed by atoms with Gasteiger partial charge in [0.05, 0.1) is 30.1 Å². The molecular formula is C33H35F5N4O6. The number of para-hydroxylation sites is 1. The Balaban J connectivity index is 0.000000780. The topological polar surface area (TPSA) is 123 Å². The van der Waals surface area contributed by atoms with E-state index in [4.69, 9.17) is 9.47 Å². The van der Waals surface area contributed by atoms with Crippen molar-refractivity contribution >= 4 is 29.2 Å². The Labute approximate surface area is 273 Å². The van der Waals surface area contributed by atoms with Crippen molar-refractivity contribution in [3.63, 3.8) is 0 Å². The minimum Gasteiger partial charge on any atom is -0.485 e. The first kappa shape index (κ1) is 36.0. The van der Waals surface area contributed by atoms with E-state index in [0.29, 0.717) is 5.56 Å². The van der Waals surface area contributed by atoms with Crippen molar-refractivity contribution in [1.29, 1.82) is 0 Å². The van der Waals surface area contributed by atoms with E-state index >= 15 is 0 Å². The molecule has 1 aromatic heterocycles. The summed E-state index contributed by atoms with van der Waals surface area (Å²) in [7, 11) is 0. The van der Waals surface area contributed by atoms with Crippen molar-refractivity contribution in [2.24, 2.45) is 10.9 Å². The van der Waals surface area contributed by atoms with E-state index in [0.717, 1.165) is 10.6 Å². The van der Waals surface area contributed by atoms with E-state index in [2.05, 4.69) is 20.0 Å². The molecule has 0 aliphatic carbocycles. The Hall–Kier alpha value is -4.82. The Morgan fingerprint density at radius 1 is 1.08 bits per heavy atom. The lowest BCUT2D eigenvalue weighted by molar-refractivity contribution is -0.159. The van der Waals surface area contributed by atoms with Gasteiger partial charge in [0.1, 0.15) is 17.6 Å². The number of hydrogen-bond acceptors (Lipinski definition) is 8. The van der Waals surface area contributed by atoms with Gasteiger partial charge in [0, 0.05) is 29.5 Å². The smallest absolute Gasteiger partial charge is 0.389 e. The SMILES string of the molecule is CC(C)(C)OC(=O)CC(CCC(F)(F)F)C(=O)NC1N=C(c2ccccc2)c2cccc3c2N(CC(F)(F)CO3)C1=O.Cc1ccon1. The summed E-state index contributed by atoms with van der Waals surface area (Å²) in [5, 5.41) is 5.87. The number of alkyl halides is 5. The maximum absolute atomic E-state index is 14.8. The first-order chi connectivity index (χ1) is 22.4. The van der Waals surface area contributed by atoms with Crippen LogP contribution in [0.2, 0.25) is 0 Å². The van der Waals surface area contributed by atoms with Crippen LogP contribution in [0, 0.1) is 12.8 Å². The van der Waals surface area contributed by atoms with E-state index in [9.17, 15) is 36.3 Å². The van der Waals surface area contributed by atoms with Crippen LogP contribution in [0.1, 0.15) is 56.9 Å². The highest BCUT2D eigenvalue weighted by molar-refractivity contribution is 6.21. The fraction of sp³-hybridized carbons (Fsp3) is 0.424. The number of aryl methyl sites for hydroxylation is 1. The summed E-state index contributed by atoms with van der Waals surface area (Å²) >= 11 is 0. The Kier molecular flexibility index (Phi) is 10.9. The van der Waals surface area contributed by atoms with Crippen molar-refractivity contribution in [2.45, 2.75) is 70.8 Å². The average Bonchev–Trinajstić information content (AvgIpc) is 3.39. The molecule has 2 amide bonds. The van der Waals surface area contributed by atoms with Crippen molar-refractivity contribution in [3.05, 3.63) is 77.7 Å². The molecule has 3 aromatic rings. The highest BCUT2D eigenvalue weighted by atomic mass is 19.4. The monoisotopic (exact) mass is 678 g/mol. The summed E-state index contributed by atoms with van der Waals surface area (Å²) in [6.07, 6.45) is -7.72. The van der Waals surface area contributed by atoms with Gasteiger partial charge in [-0.2, -0.15) is 13.2 Å². The fourth-order valence-corrected chi connectivity index (χ4v) is 4.93. The Bertz CT molecular complexity index is 1620. The molecule has 3 heterocycles. The maximum atomic E-state index is 14.8. The molecule has 48 heavy (non-hydrogen) atoms. The van der Waals surface area contributed by atoms with Gasteiger partial charge in [0.2, 0.25) is 12.1 Å². The minimum absolute atomic E-state index is 0.00149. The number of nitrogens with one attached hydrogen (secondary N) is 1. The summed E-state index contributed by atoms with van der Waals surface area (Å²) in [4.78, 5) is 44.8. The fourth-order valence-electron chi connectivity index (χ4n) is 4.93. The zero-order valence-electron chi connectivity index (χ0n) is 26.6. The second-order valence-corrected chi connectivity index (χ2v) is 12.3. The van der Waals surface area contributed by atoms with Crippen molar-refractivity contribution in [2.75, 3.05) is 18.1 Å². The van der Waals surface area contributed by atoms with Crippen LogP contribution in [0.3, 0.4) is 0 Å².